The van der Waals surface area contributed by atoms with E-state index < -0.39 is 29.1 Å². The van der Waals surface area contributed by atoms with Crippen LogP contribution >= 0.6 is 0 Å². The van der Waals surface area contributed by atoms with Gasteiger partial charge in [-0.25, -0.2) is 4.90 Å². The van der Waals surface area contributed by atoms with Crippen LogP contribution in [0.15, 0.2) is 35.1 Å². The Labute approximate surface area is 156 Å². The molecule has 2 aliphatic carbocycles. The maximum atomic E-state index is 13.3. The summed E-state index contributed by atoms with van der Waals surface area (Å²) < 4.78 is 40.0. The molecule has 2 fully saturated rings. The SMILES string of the molecule is Cc1c(N2C(=O)[C@@H]3[C@H](C2=O)[C@@H]2C=C[C@H]3C2)ccc2c(C(F)(F)F)cc(=O)[nH]c12. The highest BCUT2D eigenvalue weighted by Gasteiger charge is 2.59. The standard InChI is InChI=1S/C20H15F3N2O3/c1-8-13(5-4-11-12(20(21,22)23)7-14(26)24-17(8)11)25-18(27)15-9-2-3-10(6-9)16(15)19(25)28/h2-5,7,9-10,15-16H,6H2,1H3,(H,24,26)/t9-,10+,15-,16+. The average Bonchev–Trinajstić information content (AvgIpc) is 3.29. The summed E-state index contributed by atoms with van der Waals surface area (Å²) in [5, 5.41) is -0.172. The number of nitrogens with zero attached hydrogens (tertiary/aromatic N) is 1. The fraction of sp³-hybridized carbons (Fsp3) is 0.350. The van der Waals surface area contributed by atoms with Crippen molar-refractivity contribution in [3.05, 3.63) is 51.8 Å². The number of amides is 2. The van der Waals surface area contributed by atoms with Crippen molar-refractivity contribution in [1.82, 2.24) is 4.98 Å². The van der Waals surface area contributed by atoms with Crippen molar-refractivity contribution in [2.45, 2.75) is 19.5 Å². The van der Waals surface area contributed by atoms with Crippen LogP contribution in [-0.2, 0) is 15.8 Å². The zero-order valence-electron chi connectivity index (χ0n) is 14.7. The highest BCUT2D eigenvalue weighted by atomic mass is 19.4. The van der Waals surface area contributed by atoms with E-state index in [1.165, 1.54) is 19.1 Å². The molecule has 1 N–H and O–H groups in total. The number of carbonyl (C=O) groups is 2. The molecule has 4 atom stereocenters. The molecule has 144 valence electrons. The number of aromatic amines is 1. The Morgan fingerprint density at radius 2 is 1.64 bits per heavy atom. The third kappa shape index (κ3) is 2.11. The van der Waals surface area contributed by atoms with E-state index in [2.05, 4.69) is 4.98 Å². The van der Waals surface area contributed by atoms with Crippen LogP contribution in [0.5, 0.6) is 0 Å². The normalized spacial score (nSPS) is 28.6. The Bertz CT molecular complexity index is 1120. The van der Waals surface area contributed by atoms with Crippen molar-refractivity contribution >= 4 is 28.4 Å². The van der Waals surface area contributed by atoms with Crippen LogP contribution in [0, 0.1) is 30.6 Å². The minimum Gasteiger partial charge on any atom is -0.322 e. The van der Waals surface area contributed by atoms with E-state index in [-0.39, 0.29) is 45.8 Å². The molecule has 2 bridgehead atoms. The Morgan fingerprint density at radius 3 is 2.21 bits per heavy atom. The van der Waals surface area contributed by atoms with Crippen LogP contribution in [-0.4, -0.2) is 16.8 Å². The predicted octanol–water partition coefficient (Wildman–Crippen LogP) is 3.17. The van der Waals surface area contributed by atoms with Crippen molar-refractivity contribution < 1.29 is 22.8 Å². The minimum absolute atomic E-state index is 0.0175. The number of H-pyrrole nitrogens is 1. The molecular weight excluding hydrogens is 373 g/mol. The number of carbonyl (C=O) groups excluding carboxylic acids is 2. The second kappa shape index (κ2) is 5.33. The van der Waals surface area contributed by atoms with Crippen LogP contribution in [0.2, 0.25) is 0 Å². The van der Waals surface area contributed by atoms with Gasteiger partial charge in [-0.05, 0) is 36.8 Å². The molecule has 0 spiro atoms. The van der Waals surface area contributed by atoms with Crippen molar-refractivity contribution in [2.24, 2.45) is 23.7 Å². The number of alkyl halides is 3. The number of aromatic nitrogens is 1. The number of fused-ring (bicyclic) bond motifs is 6. The number of benzene rings is 1. The highest BCUT2D eigenvalue weighted by Crippen LogP contribution is 2.53. The largest absolute Gasteiger partial charge is 0.417 e. The molecule has 3 aliphatic rings. The number of allylic oxidation sites excluding steroid dienone is 2. The van der Waals surface area contributed by atoms with Crippen LogP contribution in [0.1, 0.15) is 17.5 Å². The van der Waals surface area contributed by atoms with Gasteiger partial charge in [0.1, 0.15) is 0 Å². The highest BCUT2D eigenvalue weighted by molar-refractivity contribution is 6.23. The first-order chi connectivity index (χ1) is 13.2. The molecule has 1 saturated carbocycles. The summed E-state index contributed by atoms with van der Waals surface area (Å²) in [6.07, 6.45) is 0.0446. The minimum atomic E-state index is -4.69. The number of nitrogens with one attached hydrogen (secondary N) is 1. The molecule has 0 unspecified atom stereocenters. The van der Waals surface area contributed by atoms with E-state index in [0.29, 0.717) is 6.07 Å². The number of hydrogen-bond acceptors (Lipinski definition) is 3. The maximum Gasteiger partial charge on any atom is 0.417 e. The molecule has 0 radical (unpaired) electrons. The lowest BCUT2D eigenvalue weighted by Crippen LogP contribution is -2.33. The second-order valence-corrected chi connectivity index (χ2v) is 7.69. The van der Waals surface area contributed by atoms with E-state index in [4.69, 9.17) is 0 Å². The molecule has 1 aromatic heterocycles. The molecule has 28 heavy (non-hydrogen) atoms. The van der Waals surface area contributed by atoms with E-state index in [1.807, 2.05) is 12.2 Å². The van der Waals surface area contributed by atoms with Crippen molar-refractivity contribution in [1.29, 1.82) is 0 Å². The first kappa shape index (κ1) is 17.2. The zero-order valence-corrected chi connectivity index (χ0v) is 14.7. The van der Waals surface area contributed by atoms with E-state index in [1.54, 1.807) is 0 Å². The molecular formula is C20H15F3N2O3. The van der Waals surface area contributed by atoms with Crippen molar-refractivity contribution in [3.8, 4) is 0 Å². The lowest BCUT2D eigenvalue weighted by atomic mass is 9.85. The van der Waals surface area contributed by atoms with Gasteiger partial charge in [0.2, 0.25) is 17.4 Å². The third-order valence-corrected chi connectivity index (χ3v) is 6.27. The topological polar surface area (TPSA) is 70.2 Å². The number of anilines is 1. The van der Waals surface area contributed by atoms with E-state index >= 15 is 0 Å². The number of imide groups is 1. The van der Waals surface area contributed by atoms with Gasteiger partial charge < -0.3 is 4.98 Å². The first-order valence-electron chi connectivity index (χ1n) is 8.98. The van der Waals surface area contributed by atoms with Crippen molar-refractivity contribution in [3.63, 3.8) is 0 Å². The van der Waals surface area contributed by atoms with Crippen LogP contribution in [0.3, 0.4) is 0 Å². The van der Waals surface area contributed by atoms with E-state index in [9.17, 15) is 27.6 Å². The smallest absolute Gasteiger partial charge is 0.322 e. The van der Waals surface area contributed by atoms with Crippen LogP contribution < -0.4 is 10.5 Å². The second-order valence-electron chi connectivity index (χ2n) is 7.69. The third-order valence-electron chi connectivity index (χ3n) is 6.27. The number of rotatable bonds is 1. The van der Waals surface area contributed by atoms with Crippen LogP contribution in [0.25, 0.3) is 10.9 Å². The predicted molar refractivity (Wildman–Crippen MR) is 94.5 cm³/mol. The van der Waals surface area contributed by atoms with Gasteiger partial charge in [0.05, 0.1) is 28.6 Å². The molecule has 5 rings (SSSR count). The Morgan fingerprint density at radius 1 is 1.04 bits per heavy atom. The lowest BCUT2D eigenvalue weighted by Gasteiger charge is -2.21. The number of hydrogen-bond donors (Lipinski definition) is 1. The molecule has 1 aliphatic heterocycles. The molecule has 2 amide bonds. The van der Waals surface area contributed by atoms with Gasteiger partial charge in [-0.1, -0.05) is 18.2 Å². The molecule has 5 nitrogen and oxygen atoms in total. The lowest BCUT2D eigenvalue weighted by molar-refractivity contribution is -0.136. The monoisotopic (exact) mass is 388 g/mol. The van der Waals surface area contributed by atoms with Crippen LogP contribution in [0.4, 0.5) is 18.9 Å². The fourth-order valence-electron chi connectivity index (χ4n) is 5.07. The van der Waals surface area contributed by atoms with Crippen molar-refractivity contribution in [2.75, 3.05) is 4.90 Å². The Kier molecular flexibility index (Phi) is 3.28. The molecule has 8 heteroatoms. The molecule has 1 saturated heterocycles. The van der Waals surface area contributed by atoms with Gasteiger partial charge in [0, 0.05) is 11.5 Å². The first-order valence-corrected chi connectivity index (χ1v) is 8.98. The molecule has 2 aromatic rings. The number of halogens is 3. The van der Waals surface area contributed by atoms with Gasteiger partial charge in [-0.3, -0.25) is 14.4 Å². The summed E-state index contributed by atoms with van der Waals surface area (Å²) in [6.45, 7) is 1.51. The fourth-order valence-corrected chi connectivity index (χ4v) is 5.07. The molecule has 1 aromatic carbocycles. The van der Waals surface area contributed by atoms with Gasteiger partial charge in [0.25, 0.3) is 0 Å². The molecule has 2 heterocycles. The maximum absolute atomic E-state index is 13.3. The summed E-state index contributed by atoms with van der Waals surface area (Å²) in [6, 6.07) is 3.08. The summed E-state index contributed by atoms with van der Waals surface area (Å²) in [4.78, 5) is 41.3. The quantitative estimate of drug-likeness (QED) is 0.603. The zero-order chi connectivity index (χ0) is 20.0. The van der Waals surface area contributed by atoms with Gasteiger partial charge >= 0.3 is 6.18 Å². The summed E-state index contributed by atoms with van der Waals surface area (Å²) in [5.41, 5.74) is -1.46. The Balaban J connectivity index is 1.67. The summed E-state index contributed by atoms with van der Waals surface area (Å²) in [5.74, 6) is -1.37. The Hall–Kier alpha value is -2.90. The summed E-state index contributed by atoms with van der Waals surface area (Å²) in [7, 11) is 0. The number of aryl methyl sites for hydroxylation is 1. The van der Waals surface area contributed by atoms with E-state index in [0.717, 1.165) is 11.3 Å². The van der Waals surface area contributed by atoms with Gasteiger partial charge in [-0.15, -0.1) is 0 Å². The summed E-state index contributed by atoms with van der Waals surface area (Å²) >= 11 is 0. The number of pyridine rings is 1. The van der Waals surface area contributed by atoms with Gasteiger partial charge in [-0.2, -0.15) is 13.2 Å². The average molecular weight is 388 g/mol. The van der Waals surface area contributed by atoms with Gasteiger partial charge in [0.15, 0.2) is 0 Å².